The normalized spacial score (nSPS) is 24.5. The number of aromatic amines is 1. The van der Waals surface area contributed by atoms with Crippen LogP contribution >= 0.6 is 0 Å². The minimum absolute atomic E-state index is 0.145. The average Bonchev–Trinajstić information content (AvgIpc) is 2.62. The zero-order valence-corrected chi connectivity index (χ0v) is 12.0. The maximum Gasteiger partial charge on any atom is 0.330 e. The van der Waals surface area contributed by atoms with Crippen molar-refractivity contribution in [2.24, 2.45) is 5.41 Å². The number of rotatable bonds is 3. The molecular formula is C14H22N2O3. The van der Waals surface area contributed by atoms with Gasteiger partial charge in [0, 0.05) is 17.7 Å². The lowest BCUT2D eigenvalue weighted by atomic mass is 9.80. The van der Waals surface area contributed by atoms with Crippen molar-refractivity contribution in [2.75, 3.05) is 0 Å². The minimum atomic E-state index is -0.409. The first kappa shape index (κ1) is 14.1. The van der Waals surface area contributed by atoms with Gasteiger partial charge in [-0.1, -0.05) is 27.7 Å². The van der Waals surface area contributed by atoms with E-state index >= 15 is 0 Å². The highest BCUT2D eigenvalue weighted by atomic mass is 16.5. The molecule has 0 unspecified atom stereocenters. The van der Waals surface area contributed by atoms with E-state index in [2.05, 4.69) is 32.7 Å². The Morgan fingerprint density at radius 3 is 2.47 bits per heavy atom. The summed E-state index contributed by atoms with van der Waals surface area (Å²) in [5, 5.41) is 0. The van der Waals surface area contributed by atoms with E-state index in [1.54, 1.807) is 0 Å². The molecule has 0 aliphatic carbocycles. The zero-order valence-electron chi connectivity index (χ0n) is 12.0. The van der Waals surface area contributed by atoms with E-state index in [1.165, 1.54) is 16.8 Å². The Bertz CT molecular complexity index is 567. The Labute approximate surface area is 112 Å². The first-order chi connectivity index (χ1) is 8.83. The Balaban J connectivity index is 2.45. The SMILES string of the molecule is CCC1(CC)CC(C)(C)[C@H](n2ccc(=O)[nH]c2=O)O1. The molecule has 1 aliphatic heterocycles. The fourth-order valence-electron chi connectivity index (χ4n) is 3.07. The topological polar surface area (TPSA) is 64.1 Å². The lowest BCUT2D eigenvalue weighted by Crippen LogP contribution is -2.36. The van der Waals surface area contributed by atoms with Crippen LogP contribution in [0.2, 0.25) is 0 Å². The van der Waals surface area contributed by atoms with E-state index < -0.39 is 5.69 Å². The first-order valence-corrected chi connectivity index (χ1v) is 6.83. The van der Waals surface area contributed by atoms with Gasteiger partial charge in [-0.25, -0.2) is 4.79 Å². The molecule has 0 spiro atoms. The smallest absolute Gasteiger partial charge is 0.330 e. The molecule has 1 aromatic heterocycles. The van der Waals surface area contributed by atoms with Crippen LogP contribution in [0.3, 0.4) is 0 Å². The molecule has 1 aliphatic rings. The van der Waals surface area contributed by atoms with Gasteiger partial charge in [-0.05, 0) is 19.3 Å². The maximum atomic E-state index is 11.9. The number of nitrogens with zero attached hydrogens (tertiary/aromatic N) is 1. The third kappa shape index (κ3) is 2.39. The quantitative estimate of drug-likeness (QED) is 0.910. The highest BCUT2D eigenvalue weighted by Crippen LogP contribution is 2.51. The Morgan fingerprint density at radius 2 is 2.00 bits per heavy atom. The van der Waals surface area contributed by atoms with Crippen molar-refractivity contribution in [1.82, 2.24) is 9.55 Å². The molecule has 5 nitrogen and oxygen atoms in total. The molecule has 1 atom stereocenters. The van der Waals surface area contributed by atoms with Crippen molar-refractivity contribution in [3.63, 3.8) is 0 Å². The van der Waals surface area contributed by atoms with Gasteiger partial charge in [0.05, 0.1) is 5.60 Å². The second kappa shape index (κ2) is 4.63. The van der Waals surface area contributed by atoms with Crippen LogP contribution in [-0.2, 0) is 4.74 Å². The van der Waals surface area contributed by atoms with Crippen LogP contribution in [0.5, 0.6) is 0 Å². The number of nitrogens with one attached hydrogen (secondary N) is 1. The van der Waals surface area contributed by atoms with Crippen molar-refractivity contribution in [3.05, 3.63) is 33.1 Å². The van der Waals surface area contributed by atoms with Gasteiger partial charge in [-0.3, -0.25) is 14.3 Å². The molecule has 0 saturated carbocycles. The molecule has 1 saturated heterocycles. The molecular weight excluding hydrogens is 244 g/mol. The van der Waals surface area contributed by atoms with E-state index in [0.29, 0.717) is 0 Å². The number of hydrogen-bond donors (Lipinski definition) is 1. The van der Waals surface area contributed by atoms with Crippen molar-refractivity contribution in [3.8, 4) is 0 Å². The summed E-state index contributed by atoms with van der Waals surface area (Å²) in [4.78, 5) is 25.4. The molecule has 0 aromatic carbocycles. The molecule has 0 amide bonds. The largest absolute Gasteiger partial charge is 0.351 e. The number of ether oxygens (including phenoxy) is 1. The van der Waals surface area contributed by atoms with Gasteiger partial charge in [0.15, 0.2) is 0 Å². The predicted octanol–water partition coefficient (Wildman–Crippen LogP) is 2.04. The average molecular weight is 266 g/mol. The van der Waals surface area contributed by atoms with Gasteiger partial charge in [0.25, 0.3) is 5.56 Å². The van der Waals surface area contributed by atoms with Gasteiger partial charge in [0.2, 0.25) is 0 Å². The van der Waals surface area contributed by atoms with E-state index in [9.17, 15) is 9.59 Å². The summed E-state index contributed by atoms with van der Waals surface area (Å²) in [6, 6.07) is 1.36. The zero-order chi connectivity index (χ0) is 14.3. The lowest BCUT2D eigenvalue weighted by Gasteiger charge is -2.27. The summed E-state index contributed by atoms with van der Waals surface area (Å²) in [5.74, 6) is 0. The van der Waals surface area contributed by atoms with E-state index in [1.807, 2.05) is 0 Å². The number of hydrogen-bond acceptors (Lipinski definition) is 3. The highest BCUT2D eigenvalue weighted by molar-refractivity contribution is 4.98. The molecule has 0 radical (unpaired) electrons. The second-order valence-electron chi connectivity index (χ2n) is 6.04. The van der Waals surface area contributed by atoms with Crippen molar-refractivity contribution in [2.45, 2.75) is 58.8 Å². The summed E-state index contributed by atoms with van der Waals surface area (Å²) in [6.07, 6.45) is 3.93. The number of aromatic nitrogens is 2. The van der Waals surface area contributed by atoms with Gasteiger partial charge in [0.1, 0.15) is 6.23 Å². The Kier molecular flexibility index (Phi) is 3.43. The molecule has 0 bridgehead atoms. The van der Waals surface area contributed by atoms with Crippen LogP contribution in [0, 0.1) is 5.41 Å². The molecule has 1 fully saturated rings. The fraction of sp³-hybridized carbons (Fsp3) is 0.714. The molecule has 106 valence electrons. The van der Waals surface area contributed by atoms with Crippen molar-refractivity contribution < 1.29 is 4.74 Å². The molecule has 19 heavy (non-hydrogen) atoms. The van der Waals surface area contributed by atoms with Crippen molar-refractivity contribution >= 4 is 0 Å². The van der Waals surface area contributed by atoms with Gasteiger partial charge < -0.3 is 4.74 Å². The summed E-state index contributed by atoms with van der Waals surface area (Å²) in [6.45, 7) is 8.42. The molecule has 5 heteroatoms. The summed E-state index contributed by atoms with van der Waals surface area (Å²) < 4.78 is 7.70. The van der Waals surface area contributed by atoms with Crippen LogP contribution < -0.4 is 11.2 Å². The molecule has 2 heterocycles. The van der Waals surface area contributed by atoms with E-state index in [0.717, 1.165) is 19.3 Å². The van der Waals surface area contributed by atoms with Gasteiger partial charge in [-0.2, -0.15) is 0 Å². The van der Waals surface area contributed by atoms with E-state index in [-0.39, 0.29) is 22.8 Å². The van der Waals surface area contributed by atoms with Crippen LogP contribution in [0.1, 0.15) is 53.2 Å². The molecule has 1 aromatic rings. The van der Waals surface area contributed by atoms with Crippen molar-refractivity contribution in [1.29, 1.82) is 0 Å². The van der Waals surface area contributed by atoms with E-state index in [4.69, 9.17) is 4.74 Å². The monoisotopic (exact) mass is 266 g/mol. The summed E-state index contributed by atoms with van der Waals surface area (Å²) in [5.41, 5.74) is -1.11. The summed E-state index contributed by atoms with van der Waals surface area (Å²) >= 11 is 0. The van der Waals surface area contributed by atoms with Crippen LogP contribution in [-0.4, -0.2) is 15.2 Å². The fourth-order valence-corrected chi connectivity index (χ4v) is 3.07. The third-order valence-corrected chi connectivity index (χ3v) is 4.20. The maximum absolute atomic E-state index is 11.9. The second-order valence-corrected chi connectivity index (χ2v) is 6.04. The lowest BCUT2D eigenvalue weighted by molar-refractivity contribution is -0.0927. The first-order valence-electron chi connectivity index (χ1n) is 6.83. The van der Waals surface area contributed by atoms with Crippen LogP contribution in [0.4, 0.5) is 0 Å². The molecule has 2 rings (SSSR count). The van der Waals surface area contributed by atoms with Crippen LogP contribution in [0.15, 0.2) is 21.9 Å². The Hall–Kier alpha value is -1.36. The van der Waals surface area contributed by atoms with Crippen LogP contribution in [0.25, 0.3) is 0 Å². The Morgan fingerprint density at radius 1 is 1.37 bits per heavy atom. The predicted molar refractivity (Wildman–Crippen MR) is 73.2 cm³/mol. The highest BCUT2D eigenvalue weighted by Gasteiger charge is 2.50. The third-order valence-electron chi connectivity index (χ3n) is 4.20. The number of H-pyrrole nitrogens is 1. The summed E-state index contributed by atoms with van der Waals surface area (Å²) in [7, 11) is 0. The van der Waals surface area contributed by atoms with Gasteiger partial charge in [-0.15, -0.1) is 0 Å². The molecule has 1 N–H and O–H groups in total. The van der Waals surface area contributed by atoms with Gasteiger partial charge >= 0.3 is 5.69 Å². The minimum Gasteiger partial charge on any atom is -0.351 e. The standard InChI is InChI=1S/C14H22N2O3/c1-5-14(6-2)9-13(3,4)11(19-14)16-8-7-10(17)15-12(16)18/h7-8,11H,5-6,9H2,1-4H3,(H,15,17,18)/t11-/m1/s1.